The van der Waals surface area contributed by atoms with Crippen molar-refractivity contribution in [2.45, 2.75) is 84.5 Å². The van der Waals surface area contributed by atoms with Crippen LogP contribution < -0.4 is 0 Å². The summed E-state index contributed by atoms with van der Waals surface area (Å²) in [6, 6.07) is 20.2. The molecule has 0 atom stereocenters. The van der Waals surface area contributed by atoms with E-state index in [1.807, 2.05) is 60.7 Å². The Bertz CT molecular complexity index is 845. The van der Waals surface area contributed by atoms with Gasteiger partial charge in [-0.1, -0.05) is 101 Å². The van der Waals surface area contributed by atoms with E-state index >= 15 is 0 Å². The normalized spacial score (nSPS) is 11.4. The van der Waals surface area contributed by atoms with Gasteiger partial charge in [0.15, 0.2) is 0 Å². The summed E-state index contributed by atoms with van der Waals surface area (Å²) in [5, 5.41) is 0. The molecule has 3 heteroatoms. The molecular weight excluding hydrogens is 435 g/mol. The molecule has 2 rings (SSSR count). The molecule has 0 N–H and O–H groups in total. The van der Waals surface area contributed by atoms with Gasteiger partial charge in [0.2, 0.25) is 0 Å². The van der Waals surface area contributed by atoms with E-state index in [9.17, 15) is 0 Å². The molecule has 2 nitrogen and oxygen atoms in total. The first-order chi connectivity index (χ1) is 15.3. The Balaban J connectivity index is 0.00000512. The summed E-state index contributed by atoms with van der Waals surface area (Å²) in [4.78, 5) is 9.82. The fourth-order valence-electron chi connectivity index (χ4n) is 3.34. The Morgan fingerprint density at radius 2 is 1.19 bits per heavy atom. The minimum atomic E-state index is 0. The van der Waals surface area contributed by atoms with Crippen molar-refractivity contribution in [3.05, 3.63) is 60.7 Å². The maximum absolute atomic E-state index is 4.93. The van der Waals surface area contributed by atoms with Gasteiger partial charge in [0.1, 0.15) is 5.71 Å². The van der Waals surface area contributed by atoms with Crippen molar-refractivity contribution in [3.63, 3.8) is 0 Å². The first-order valence-electron chi connectivity index (χ1n) is 12.1. The second-order valence-corrected chi connectivity index (χ2v) is 7.97. The summed E-state index contributed by atoms with van der Waals surface area (Å²) < 4.78 is 0. The third-order valence-corrected chi connectivity index (χ3v) is 5.17. The predicted molar refractivity (Wildman–Crippen MR) is 137 cm³/mol. The molecule has 0 heterocycles. The Kier molecular flexibility index (Phi) is 16.0. The molecule has 0 amide bonds. The first kappa shape index (κ1) is 27.9. The average molecular weight is 473 g/mol. The van der Waals surface area contributed by atoms with Crippen LogP contribution in [0.1, 0.15) is 84.5 Å². The largest absolute Gasteiger partial charge is 0.251 e. The van der Waals surface area contributed by atoms with E-state index < -0.39 is 0 Å². The van der Waals surface area contributed by atoms with E-state index in [4.69, 9.17) is 9.98 Å². The van der Waals surface area contributed by atoms with Gasteiger partial charge in [0.25, 0.3) is 0 Å². The SMILES string of the molecule is CCCCCCCCCC#CC(=N\c1ccccc1)/C(CCCC)=N/c1ccccc1.[Ni]. The summed E-state index contributed by atoms with van der Waals surface area (Å²) in [7, 11) is 0. The van der Waals surface area contributed by atoms with Crippen LogP contribution in [0.15, 0.2) is 70.6 Å². The topological polar surface area (TPSA) is 24.7 Å². The molecule has 0 fully saturated rings. The molecule has 0 saturated heterocycles. The Hall–Kier alpha value is -2.17. The van der Waals surface area contributed by atoms with Crippen LogP contribution in [-0.2, 0) is 16.5 Å². The molecule has 0 aromatic heterocycles. The number of nitrogens with zero attached hydrogens (tertiary/aromatic N) is 2. The molecular formula is C29H38N2Ni. The Labute approximate surface area is 206 Å². The molecule has 174 valence electrons. The van der Waals surface area contributed by atoms with E-state index in [1.54, 1.807) is 0 Å². The molecule has 0 saturated carbocycles. The Morgan fingerprint density at radius 3 is 1.78 bits per heavy atom. The van der Waals surface area contributed by atoms with Crippen LogP contribution in [0.4, 0.5) is 11.4 Å². The van der Waals surface area contributed by atoms with Gasteiger partial charge in [-0.15, -0.1) is 0 Å². The molecule has 2 aromatic carbocycles. The van der Waals surface area contributed by atoms with Crippen LogP contribution >= 0.6 is 0 Å². The van der Waals surface area contributed by atoms with Crippen molar-refractivity contribution in [1.82, 2.24) is 0 Å². The van der Waals surface area contributed by atoms with Gasteiger partial charge in [-0.3, -0.25) is 4.99 Å². The summed E-state index contributed by atoms with van der Waals surface area (Å²) in [6.07, 6.45) is 13.2. The van der Waals surface area contributed by atoms with Crippen LogP contribution in [0.2, 0.25) is 0 Å². The van der Waals surface area contributed by atoms with Crippen molar-refractivity contribution < 1.29 is 16.5 Å². The zero-order chi connectivity index (χ0) is 22.0. The van der Waals surface area contributed by atoms with Crippen molar-refractivity contribution in [1.29, 1.82) is 0 Å². The van der Waals surface area contributed by atoms with Crippen LogP contribution in [0.25, 0.3) is 0 Å². The minimum Gasteiger partial charge on any atom is -0.251 e. The summed E-state index contributed by atoms with van der Waals surface area (Å²) >= 11 is 0. The van der Waals surface area contributed by atoms with Gasteiger partial charge < -0.3 is 0 Å². The van der Waals surface area contributed by atoms with Crippen LogP contribution in [-0.4, -0.2) is 11.4 Å². The van der Waals surface area contributed by atoms with E-state index in [-0.39, 0.29) is 16.5 Å². The fourth-order valence-corrected chi connectivity index (χ4v) is 3.34. The average Bonchev–Trinajstić information content (AvgIpc) is 2.81. The maximum atomic E-state index is 4.93. The van der Waals surface area contributed by atoms with Crippen molar-refractivity contribution in [3.8, 4) is 11.8 Å². The number of benzene rings is 2. The maximum Gasteiger partial charge on any atom is 0.135 e. The molecule has 0 bridgehead atoms. The molecule has 0 spiro atoms. The van der Waals surface area contributed by atoms with Gasteiger partial charge in [-0.2, -0.15) is 0 Å². The first-order valence-corrected chi connectivity index (χ1v) is 12.1. The van der Waals surface area contributed by atoms with Crippen LogP contribution in [0, 0.1) is 11.8 Å². The number of unbranched alkanes of at least 4 members (excludes halogenated alkanes) is 8. The fraction of sp³-hybridized carbons (Fsp3) is 0.448. The van der Waals surface area contributed by atoms with E-state index in [0.29, 0.717) is 0 Å². The number of para-hydroxylation sites is 2. The smallest absolute Gasteiger partial charge is 0.135 e. The zero-order valence-electron chi connectivity index (χ0n) is 19.8. The zero-order valence-corrected chi connectivity index (χ0v) is 20.7. The standard InChI is InChI=1S/C29H38N2.Ni/c1-3-5-7-8-9-10-11-12-19-25-29(31-27-22-17-14-18-23-27)28(24-6-4-2)30-26-20-15-13-16-21-26;/h13-18,20-23H,3-12,24H2,1-2H3;/b30-28+,31-29+;. The number of aliphatic imine (C=N–C) groups is 2. The molecule has 2 aromatic rings. The van der Waals surface area contributed by atoms with E-state index in [0.717, 1.165) is 54.9 Å². The van der Waals surface area contributed by atoms with Gasteiger partial charge in [-0.25, -0.2) is 4.99 Å². The number of rotatable bonds is 13. The van der Waals surface area contributed by atoms with E-state index in [2.05, 4.69) is 25.7 Å². The second-order valence-electron chi connectivity index (χ2n) is 7.97. The van der Waals surface area contributed by atoms with Gasteiger partial charge >= 0.3 is 0 Å². The Morgan fingerprint density at radius 1 is 0.656 bits per heavy atom. The quantitative estimate of drug-likeness (QED) is 0.120. The second kappa shape index (κ2) is 18.4. The summed E-state index contributed by atoms with van der Waals surface area (Å²) in [5.74, 6) is 6.77. The molecule has 0 radical (unpaired) electrons. The molecule has 0 aliphatic rings. The summed E-state index contributed by atoms with van der Waals surface area (Å²) in [6.45, 7) is 4.47. The van der Waals surface area contributed by atoms with Gasteiger partial charge in [0, 0.05) is 22.9 Å². The molecule has 0 aliphatic carbocycles. The molecule has 0 aliphatic heterocycles. The van der Waals surface area contributed by atoms with Crippen LogP contribution in [0.5, 0.6) is 0 Å². The predicted octanol–water partition coefficient (Wildman–Crippen LogP) is 8.86. The number of hydrogen-bond donors (Lipinski definition) is 0. The third kappa shape index (κ3) is 12.0. The van der Waals surface area contributed by atoms with E-state index in [1.165, 1.54) is 38.5 Å². The molecule has 0 unspecified atom stereocenters. The van der Waals surface area contributed by atoms with Gasteiger partial charge in [0.05, 0.1) is 17.1 Å². The van der Waals surface area contributed by atoms with Crippen molar-refractivity contribution >= 4 is 22.8 Å². The van der Waals surface area contributed by atoms with Gasteiger partial charge in [-0.05, 0) is 49.4 Å². The van der Waals surface area contributed by atoms with Crippen molar-refractivity contribution in [2.75, 3.05) is 0 Å². The molecule has 32 heavy (non-hydrogen) atoms. The minimum absolute atomic E-state index is 0. The third-order valence-electron chi connectivity index (χ3n) is 5.17. The summed E-state index contributed by atoms with van der Waals surface area (Å²) in [5.41, 5.74) is 3.69. The monoisotopic (exact) mass is 472 g/mol. The number of hydrogen-bond acceptors (Lipinski definition) is 2. The van der Waals surface area contributed by atoms with Crippen molar-refractivity contribution in [2.24, 2.45) is 9.98 Å². The van der Waals surface area contributed by atoms with Crippen LogP contribution in [0.3, 0.4) is 0 Å².